The van der Waals surface area contributed by atoms with Gasteiger partial charge in [0.1, 0.15) is 0 Å². The highest BCUT2D eigenvalue weighted by molar-refractivity contribution is 5.82. The van der Waals surface area contributed by atoms with E-state index in [2.05, 4.69) is 46.6 Å². The van der Waals surface area contributed by atoms with Crippen molar-refractivity contribution in [1.29, 1.82) is 0 Å². The second-order valence-electron chi connectivity index (χ2n) is 7.33. The average molecular weight is 365 g/mol. The molecule has 4 rings (SSSR count). The molecule has 0 aromatic heterocycles. The molecule has 1 unspecified atom stereocenters. The fraction of sp³-hybridized carbons (Fsp3) is 0.409. The number of rotatable bonds is 4. The first kappa shape index (κ1) is 18.0. The minimum absolute atomic E-state index is 0.152. The predicted octanol–water partition coefficient (Wildman–Crippen LogP) is 2.20. The monoisotopic (exact) mass is 365 g/mol. The molecule has 0 spiro atoms. The molecule has 0 bridgehead atoms. The number of anilines is 1. The first-order valence-electron chi connectivity index (χ1n) is 9.68. The van der Waals surface area contributed by atoms with Crippen LogP contribution in [0.15, 0.2) is 48.5 Å². The van der Waals surface area contributed by atoms with Crippen LogP contribution in [-0.4, -0.2) is 50.2 Å². The molecule has 2 aliphatic rings. The maximum absolute atomic E-state index is 13.0. The van der Waals surface area contributed by atoms with Crippen molar-refractivity contribution in [3.63, 3.8) is 0 Å². The van der Waals surface area contributed by atoms with Gasteiger partial charge >= 0.3 is 0 Å². The Kier molecular flexibility index (Phi) is 5.41. The van der Waals surface area contributed by atoms with Crippen LogP contribution in [0.4, 0.5) is 5.69 Å². The second kappa shape index (κ2) is 8.11. The lowest BCUT2D eigenvalue weighted by Gasteiger charge is -2.32. The van der Waals surface area contributed by atoms with Gasteiger partial charge in [0.15, 0.2) is 0 Å². The van der Waals surface area contributed by atoms with Crippen molar-refractivity contribution in [3.05, 3.63) is 65.2 Å². The second-order valence-corrected chi connectivity index (χ2v) is 7.33. The van der Waals surface area contributed by atoms with Crippen LogP contribution >= 0.6 is 0 Å². The summed E-state index contributed by atoms with van der Waals surface area (Å²) in [5, 5.41) is 3.40. The lowest BCUT2D eigenvalue weighted by Crippen LogP contribution is -2.48. The molecule has 5 heteroatoms. The van der Waals surface area contributed by atoms with E-state index >= 15 is 0 Å². The number of fused-ring (bicyclic) bond motifs is 1. The van der Waals surface area contributed by atoms with Gasteiger partial charge in [0.05, 0.1) is 19.3 Å². The molecule has 2 aromatic carbocycles. The Balaban J connectivity index is 1.45. The Labute approximate surface area is 160 Å². The number of ether oxygens (including phenoxy) is 1. The van der Waals surface area contributed by atoms with Crippen LogP contribution in [0.3, 0.4) is 0 Å². The normalized spacial score (nSPS) is 19.4. The molecule has 0 radical (unpaired) electrons. The van der Waals surface area contributed by atoms with E-state index in [0.29, 0.717) is 6.54 Å². The number of nitrogens with one attached hydrogen (secondary N) is 1. The van der Waals surface area contributed by atoms with Gasteiger partial charge in [-0.3, -0.25) is 4.79 Å². The van der Waals surface area contributed by atoms with Crippen molar-refractivity contribution < 1.29 is 9.53 Å². The molecule has 1 fully saturated rings. The molecule has 142 valence electrons. The van der Waals surface area contributed by atoms with Gasteiger partial charge in [0.2, 0.25) is 5.91 Å². The van der Waals surface area contributed by atoms with Gasteiger partial charge in [0.25, 0.3) is 0 Å². The maximum Gasteiger partial charge on any atom is 0.240 e. The molecule has 0 aliphatic carbocycles. The smallest absolute Gasteiger partial charge is 0.240 e. The minimum Gasteiger partial charge on any atom is -0.378 e. The van der Waals surface area contributed by atoms with E-state index in [1.165, 1.54) is 22.4 Å². The third-order valence-electron chi connectivity index (χ3n) is 5.51. The van der Waals surface area contributed by atoms with E-state index in [1.54, 1.807) is 0 Å². The van der Waals surface area contributed by atoms with Crippen LogP contribution in [0.5, 0.6) is 0 Å². The zero-order valence-corrected chi connectivity index (χ0v) is 15.9. The van der Waals surface area contributed by atoms with Crippen LogP contribution in [0, 0.1) is 0 Å². The molecule has 1 saturated heterocycles. The number of hydrogen-bond acceptors (Lipinski definition) is 4. The molecule has 1 atom stereocenters. The quantitative estimate of drug-likeness (QED) is 0.902. The SMILES string of the molecule is CN(Cc1ccccc1N1CCOCC1)C(=O)C1Cc2ccccc2CN1. The number of amides is 1. The van der Waals surface area contributed by atoms with E-state index in [1.807, 2.05) is 24.1 Å². The first-order valence-corrected chi connectivity index (χ1v) is 9.68. The summed E-state index contributed by atoms with van der Waals surface area (Å²) in [5.74, 6) is 0.154. The zero-order valence-electron chi connectivity index (χ0n) is 15.9. The van der Waals surface area contributed by atoms with Crippen LogP contribution in [0.1, 0.15) is 16.7 Å². The number of carbonyl (C=O) groups is 1. The number of para-hydroxylation sites is 1. The van der Waals surface area contributed by atoms with Gasteiger partial charge in [-0.25, -0.2) is 0 Å². The van der Waals surface area contributed by atoms with Gasteiger partial charge in [-0.05, 0) is 29.2 Å². The lowest BCUT2D eigenvalue weighted by atomic mass is 9.95. The Morgan fingerprint density at radius 1 is 1.11 bits per heavy atom. The summed E-state index contributed by atoms with van der Waals surface area (Å²) in [4.78, 5) is 17.2. The van der Waals surface area contributed by atoms with Crippen LogP contribution < -0.4 is 10.2 Å². The molecule has 5 nitrogen and oxygen atoms in total. The predicted molar refractivity (Wildman–Crippen MR) is 107 cm³/mol. The summed E-state index contributed by atoms with van der Waals surface area (Å²) in [5.41, 5.74) is 4.97. The van der Waals surface area contributed by atoms with E-state index in [-0.39, 0.29) is 11.9 Å². The van der Waals surface area contributed by atoms with E-state index in [4.69, 9.17) is 4.74 Å². The highest BCUT2D eigenvalue weighted by Gasteiger charge is 2.27. The topological polar surface area (TPSA) is 44.8 Å². The Bertz CT molecular complexity index is 802. The Morgan fingerprint density at radius 2 is 1.81 bits per heavy atom. The Morgan fingerprint density at radius 3 is 2.63 bits per heavy atom. The van der Waals surface area contributed by atoms with E-state index < -0.39 is 0 Å². The third kappa shape index (κ3) is 3.99. The molecule has 2 heterocycles. The number of nitrogens with zero attached hydrogens (tertiary/aromatic N) is 2. The fourth-order valence-corrected chi connectivity index (χ4v) is 3.99. The van der Waals surface area contributed by atoms with Gasteiger partial charge in [-0.15, -0.1) is 0 Å². The highest BCUT2D eigenvalue weighted by Crippen LogP contribution is 2.23. The number of likely N-dealkylation sites (N-methyl/N-ethyl adjacent to an activating group) is 1. The van der Waals surface area contributed by atoms with Crippen molar-refractivity contribution in [2.24, 2.45) is 0 Å². The summed E-state index contributed by atoms with van der Waals surface area (Å²) >= 11 is 0. The first-order chi connectivity index (χ1) is 13.2. The molecule has 2 aliphatic heterocycles. The van der Waals surface area contributed by atoms with Gasteiger partial charge in [-0.1, -0.05) is 42.5 Å². The molecule has 1 amide bonds. The van der Waals surface area contributed by atoms with Crippen molar-refractivity contribution in [2.75, 3.05) is 38.3 Å². The summed E-state index contributed by atoms with van der Waals surface area (Å²) in [6, 6.07) is 16.6. The van der Waals surface area contributed by atoms with Crippen molar-refractivity contribution in [3.8, 4) is 0 Å². The van der Waals surface area contributed by atoms with Crippen molar-refractivity contribution >= 4 is 11.6 Å². The number of hydrogen-bond donors (Lipinski definition) is 1. The van der Waals surface area contributed by atoms with E-state index in [9.17, 15) is 4.79 Å². The molecular weight excluding hydrogens is 338 g/mol. The summed E-state index contributed by atoms with van der Waals surface area (Å²) in [6.45, 7) is 4.69. The zero-order chi connectivity index (χ0) is 18.6. The van der Waals surface area contributed by atoms with Crippen molar-refractivity contribution in [2.45, 2.75) is 25.6 Å². The molecule has 27 heavy (non-hydrogen) atoms. The third-order valence-corrected chi connectivity index (χ3v) is 5.51. The van der Waals surface area contributed by atoms with Gasteiger partial charge in [0, 0.05) is 38.9 Å². The van der Waals surface area contributed by atoms with Gasteiger partial charge < -0.3 is 19.9 Å². The standard InChI is InChI=1S/C22H27N3O2/c1-24(22(26)20-14-17-6-2-3-7-18(17)15-23-20)16-19-8-4-5-9-21(19)25-10-12-27-13-11-25/h2-9,20,23H,10-16H2,1H3. The molecule has 0 saturated carbocycles. The minimum atomic E-state index is -0.152. The summed E-state index contributed by atoms with van der Waals surface area (Å²) < 4.78 is 5.47. The highest BCUT2D eigenvalue weighted by atomic mass is 16.5. The summed E-state index contributed by atoms with van der Waals surface area (Å²) in [6.07, 6.45) is 0.754. The molecule has 1 N–H and O–H groups in total. The lowest BCUT2D eigenvalue weighted by molar-refractivity contribution is -0.132. The van der Waals surface area contributed by atoms with Crippen LogP contribution in [0.25, 0.3) is 0 Å². The number of benzene rings is 2. The molecule has 2 aromatic rings. The summed E-state index contributed by atoms with van der Waals surface area (Å²) in [7, 11) is 1.90. The fourth-order valence-electron chi connectivity index (χ4n) is 3.99. The van der Waals surface area contributed by atoms with Gasteiger partial charge in [-0.2, -0.15) is 0 Å². The Hall–Kier alpha value is -2.37. The number of morpholine rings is 1. The van der Waals surface area contributed by atoms with Crippen LogP contribution in [0.2, 0.25) is 0 Å². The van der Waals surface area contributed by atoms with Crippen molar-refractivity contribution in [1.82, 2.24) is 10.2 Å². The molecular formula is C22H27N3O2. The van der Waals surface area contributed by atoms with Crippen LogP contribution in [-0.2, 0) is 29.0 Å². The van der Waals surface area contributed by atoms with E-state index in [0.717, 1.165) is 39.3 Å². The maximum atomic E-state index is 13.0. The number of carbonyl (C=O) groups excluding carboxylic acids is 1. The average Bonchev–Trinajstić information content (AvgIpc) is 2.74. The largest absolute Gasteiger partial charge is 0.378 e.